The normalized spacial score (nSPS) is 10.2. The van der Waals surface area contributed by atoms with Crippen molar-refractivity contribution in [3.63, 3.8) is 0 Å². The van der Waals surface area contributed by atoms with Gasteiger partial charge in [0.05, 0.1) is 18.4 Å². The van der Waals surface area contributed by atoms with Crippen LogP contribution in [-0.4, -0.2) is 34.7 Å². The Morgan fingerprint density at radius 1 is 1.43 bits per heavy atom. The fraction of sp³-hybridized carbons (Fsp3) is 0.231. The molecule has 0 aliphatic rings. The molecule has 0 spiro atoms. The molecule has 6 nitrogen and oxygen atoms in total. The number of esters is 1. The zero-order valence-corrected chi connectivity index (χ0v) is 13.1. The molecule has 110 valence electrons. The van der Waals surface area contributed by atoms with Crippen molar-refractivity contribution in [3.05, 3.63) is 35.0 Å². The molecule has 0 bridgehead atoms. The molecule has 8 heteroatoms. The molecule has 2 heterocycles. The first-order chi connectivity index (χ1) is 10.1. The number of methoxy groups -OCH3 is 1. The van der Waals surface area contributed by atoms with E-state index in [0.29, 0.717) is 15.7 Å². The lowest BCUT2D eigenvalue weighted by Gasteiger charge is -2.05. The molecule has 21 heavy (non-hydrogen) atoms. The van der Waals surface area contributed by atoms with Crippen LogP contribution in [0.4, 0.5) is 5.00 Å². The zero-order valence-electron chi connectivity index (χ0n) is 11.5. The maximum Gasteiger partial charge on any atom is 0.340 e. The van der Waals surface area contributed by atoms with Gasteiger partial charge in [-0.1, -0.05) is 11.8 Å². The fourth-order valence-electron chi connectivity index (χ4n) is 1.47. The van der Waals surface area contributed by atoms with Crippen LogP contribution < -0.4 is 5.32 Å². The molecular formula is C13H13N3O3S2. The van der Waals surface area contributed by atoms with Gasteiger partial charge < -0.3 is 10.1 Å². The van der Waals surface area contributed by atoms with Gasteiger partial charge in [-0.2, -0.15) is 0 Å². The average molecular weight is 323 g/mol. The Morgan fingerprint density at radius 3 is 2.95 bits per heavy atom. The predicted octanol–water partition coefficient (Wildman–Crippen LogP) is 2.36. The van der Waals surface area contributed by atoms with Crippen molar-refractivity contribution in [2.45, 2.75) is 12.1 Å². The van der Waals surface area contributed by atoms with E-state index in [1.54, 1.807) is 23.7 Å². The number of rotatable bonds is 5. The second kappa shape index (κ2) is 7.19. The number of aryl methyl sites for hydroxylation is 1. The number of amides is 1. The summed E-state index contributed by atoms with van der Waals surface area (Å²) in [5.41, 5.74) is 1.20. The highest BCUT2D eigenvalue weighted by Gasteiger charge is 2.15. The Morgan fingerprint density at radius 2 is 2.24 bits per heavy atom. The first-order valence-electron chi connectivity index (χ1n) is 5.98. The second-order valence-corrected chi connectivity index (χ2v) is 5.83. The minimum absolute atomic E-state index is 0.169. The summed E-state index contributed by atoms with van der Waals surface area (Å²) in [5.74, 6) is -0.527. The third kappa shape index (κ3) is 4.27. The van der Waals surface area contributed by atoms with E-state index in [9.17, 15) is 9.59 Å². The van der Waals surface area contributed by atoms with Crippen molar-refractivity contribution in [3.8, 4) is 0 Å². The van der Waals surface area contributed by atoms with Crippen molar-refractivity contribution >= 4 is 40.0 Å². The lowest BCUT2D eigenvalue weighted by atomic mass is 10.3. The van der Waals surface area contributed by atoms with Crippen molar-refractivity contribution in [1.29, 1.82) is 0 Å². The van der Waals surface area contributed by atoms with E-state index in [-0.39, 0.29) is 11.7 Å². The summed E-state index contributed by atoms with van der Waals surface area (Å²) in [6, 6.07) is 3.40. The molecule has 0 radical (unpaired) electrons. The van der Waals surface area contributed by atoms with Gasteiger partial charge in [-0.25, -0.2) is 14.8 Å². The fourth-order valence-corrected chi connectivity index (χ4v) is 2.93. The smallest absolute Gasteiger partial charge is 0.340 e. The molecule has 1 amide bonds. The predicted molar refractivity (Wildman–Crippen MR) is 81.8 cm³/mol. The van der Waals surface area contributed by atoms with Crippen LogP contribution in [0.1, 0.15) is 16.1 Å². The molecule has 0 fully saturated rings. The molecule has 2 aromatic heterocycles. The number of carbonyl (C=O) groups excluding carboxylic acids is 2. The summed E-state index contributed by atoms with van der Waals surface area (Å²) in [6.45, 7) is 1.86. The second-order valence-electron chi connectivity index (χ2n) is 3.97. The number of aromatic nitrogens is 2. The van der Waals surface area contributed by atoms with Gasteiger partial charge in [0, 0.05) is 11.9 Å². The number of hydrogen-bond donors (Lipinski definition) is 1. The molecule has 0 unspecified atom stereocenters. The molecule has 1 N–H and O–H groups in total. The van der Waals surface area contributed by atoms with Crippen LogP contribution in [0.3, 0.4) is 0 Å². The van der Waals surface area contributed by atoms with Crippen LogP contribution in [0.25, 0.3) is 0 Å². The first kappa shape index (κ1) is 15.5. The molecule has 0 atom stereocenters. The third-order valence-corrected chi connectivity index (χ3v) is 4.12. The molecule has 0 saturated heterocycles. The van der Waals surface area contributed by atoms with Gasteiger partial charge in [0.2, 0.25) is 5.91 Å². The highest BCUT2D eigenvalue weighted by atomic mass is 32.2. The molecule has 2 aromatic rings. The Balaban J connectivity index is 1.93. The minimum atomic E-state index is -0.471. The highest BCUT2D eigenvalue weighted by Crippen LogP contribution is 2.24. The standard InChI is InChI=1S/C13H13N3O3S2/c1-8-3-5-14-13(15-8)21-7-10(17)16-11-9(4-6-20-11)12(18)19-2/h3-6H,7H2,1-2H3,(H,16,17). The number of ether oxygens (including phenoxy) is 1. The topological polar surface area (TPSA) is 81.2 Å². The molecule has 0 aliphatic carbocycles. The highest BCUT2D eigenvalue weighted by molar-refractivity contribution is 7.99. The largest absolute Gasteiger partial charge is 0.465 e. The van der Waals surface area contributed by atoms with Crippen LogP contribution in [-0.2, 0) is 9.53 Å². The average Bonchev–Trinajstić information content (AvgIpc) is 2.92. The van der Waals surface area contributed by atoms with E-state index in [0.717, 1.165) is 5.69 Å². The van der Waals surface area contributed by atoms with Crippen molar-refractivity contribution in [1.82, 2.24) is 9.97 Å². The van der Waals surface area contributed by atoms with Crippen LogP contribution in [0, 0.1) is 6.92 Å². The molecule has 0 aliphatic heterocycles. The van der Waals surface area contributed by atoms with Crippen LogP contribution in [0.5, 0.6) is 0 Å². The summed E-state index contributed by atoms with van der Waals surface area (Å²) in [4.78, 5) is 31.7. The number of nitrogens with zero attached hydrogens (tertiary/aromatic N) is 2. The third-order valence-electron chi connectivity index (χ3n) is 2.43. The zero-order chi connectivity index (χ0) is 15.2. The van der Waals surface area contributed by atoms with Gasteiger partial charge >= 0.3 is 5.97 Å². The number of nitrogens with one attached hydrogen (secondary N) is 1. The van der Waals surface area contributed by atoms with Crippen molar-refractivity contribution in [2.24, 2.45) is 0 Å². The quantitative estimate of drug-likeness (QED) is 0.517. The lowest BCUT2D eigenvalue weighted by Crippen LogP contribution is -2.15. The van der Waals surface area contributed by atoms with Crippen LogP contribution in [0.15, 0.2) is 28.9 Å². The van der Waals surface area contributed by atoms with E-state index < -0.39 is 5.97 Å². The summed E-state index contributed by atoms with van der Waals surface area (Å²) in [5, 5.41) is 5.44. The Kier molecular flexibility index (Phi) is 5.29. The van der Waals surface area contributed by atoms with Crippen molar-refractivity contribution < 1.29 is 14.3 Å². The van der Waals surface area contributed by atoms with Crippen LogP contribution >= 0.6 is 23.1 Å². The Labute approximate surface area is 130 Å². The van der Waals surface area contributed by atoms with E-state index in [2.05, 4.69) is 20.0 Å². The maximum atomic E-state index is 11.9. The number of hydrogen-bond acceptors (Lipinski definition) is 7. The van der Waals surface area contributed by atoms with Crippen LogP contribution in [0.2, 0.25) is 0 Å². The van der Waals surface area contributed by atoms with Gasteiger partial charge in [0.15, 0.2) is 5.16 Å². The summed E-state index contributed by atoms with van der Waals surface area (Å²) in [6.07, 6.45) is 1.65. The first-order valence-corrected chi connectivity index (χ1v) is 7.85. The Bertz CT molecular complexity index is 658. The summed E-state index contributed by atoms with van der Waals surface area (Å²) >= 11 is 2.51. The SMILES string of the molecule is COC(=O)c1ccsc1NC(=O)CSc1nccc(C)n1. The van der Waals surface area contributed by atoms with E-state index >= 15 is 0 Å². The van der Waals surface area contributed by atoms with Crippen molar-refractivity contribution in [2.75, 3.05) is 18.2 Å². The van der Waals surface area contributed by atoms with E-state index in [4.69, 9.17) is 0 Å². The summed E-state index contributed by atoms with van der Waals surface area (Å²) in [7, 11) is 1.30. The molecule has 0 saturated carbocycles. The van der Waals surface area contributed by atoms with Gasteiger partial charge in [0.1, 0.15) is 5.00 Å². The number of carbonyl (C=O) groups is 2. The number of thiophene rings is 1. The van der Waals surface area contributed by atoms with E-state index in [1.807, 2.05) is 6.92 Å². The number of anilines is 1. The van der Waals surface area contributed by atoms with Gasteiger partial charge in [0.25, 0.3) is 0 Å². The molecule has 2 rings (SSSR count). The van der Waals surface area contributed by atoms with Gasteiger partial charge in [-0.3, -0.25) is 4.79 Å². The van der Waals surface area contributed by atoms with Gasteiger partial charge in [-0.15, -0.1) is 11.3 Å². The Hall–Kier alpha value is -1.93. The molecule has 0 aromatic carbocycles. The summed E-state index contributed by atoms with van der Waals surface area (Å²) < 4.78 is 4.65. The number of thioether (sulfide) groups is 1. The maximum absolute atomic E-state index is 11.9. The van der Waals surface area contributed by atoms with E-state index in [1.165, 1.54) is 30.2 Å². The lowest BCUT2D eigenvalue weighted by molar-refractivity contribution is -0.113. The molecular weight excluding hydrogens is 310 g/mol. The minimum Gasteiger partial charge on any atom is -0.465 e. The monoisotopic (exact) mass is 323 g/mol. The van der Waals surface area contributed by atoms with Gasteiger partial charge in [-0.05, 0) is 24.4 Å².